The van der Waals surface area contributed by atoms with E-state index >= 15 is 0 Å². The summed E-state index contributed by atoms with van der Waals surface area (Å²) in [6, 6.07) is 90.6. The first-order chi connectivity index (χ1) is 38.0. The number of hydrogen-bond acceptors (Lipinski definition) is 8. The normalized spacial score (nSPS) is 10.7. The van der Waals surface area contributed by atoms with Crippen molar-refractivity contribution in [2.45, 2.75) is 26.9 Å². The maximum absolute atomic E-state index is 9.19. The fourth-order valence-electron chi connectivity index (χ4n) is 8.53. The van der Waals surface area contributed by atoms with Gasteiger partial charge in [0.1, 0.15) is 11.0 Å². The Morgan fingerprint density at radius 1 is 0.390 bits per heavy atom. The number of anilines is 6. The van der Waals surface area contributed by atoms with Gasteiger partial charge in [0.05, 0.1) is 6.61 Å². The molecule has 12 rings (SSSR count). The third kappa shape index (κ3) is 14.0. The molecule has 2 heterocycles. The minimum atomic E-state index is 0.0664. The summed E-state index contributed by atoms with van der Waals surface area (Å²) in [5.74, 6) is 1.30. The molecule has 0 saturated carbocycles. The van der Waals surface area contributed by atoms with Crippen LogP contribution in [0.4, 0.5) is 34.1 Å². The van der Waals surface area contributed by atoms with Gasteiger partial charge in [0.25, 0.3) is 0 Å². The van der Waals surface area contributed by atoms with Crippen LogP contribution in [-0.4, -0.2) is 26.8 Å². The molecule has 8 heteroatoms. The van der Waals surface area contributed by atoms with Crippen LogP contribution in [0.2, 0.25) is 0 Å². The van der Waals surface area contributed by atoms with Gasteiger partial charge in [-0.3, -0.25) is 0 Å². The van der Waals surface area contributed by atoms with Gasteiger partial charge in [0.2, 0.25) is 5.89 Å². The molecular formula is C69H60N4O4. The molecular weight excluding hydrogens is 949 g/mol. The van der Waals surface area contributed by atoms with Gasteiger partial charge in [-0.1, -0.05) is 177 Å². The Labute approximate surface area is 450 Å². The predicted octanol–water partition coefficient (Wildman–Crippen LogP) is 18.0. The highest BCUT2D eigenvalue weighted by atomic mass is 16.4. The van der Waals surface area contributed by atoms with E-state index in [9.17, 15) is 5.11 Å². The average Bonchev–Trinajstić information content (AvgIpc) is 4.11. The van der Waals surface area contributed by atoms with E-state index in [1.165, 1.54) is 16.7 Å². The van der Waals surface area contributed by atoms with Crippen LogP contribution in [0.25, 0.3) is 56.6 Å². The molecule has 2 aromatic heterocycles. The number of aliphatic hydroxyl groups excluding tert-OH is 2. The lowest BCUT2D eigenvalue weighted by Gasteiger charge is -2.25. The van der Waals surface area contributed by atoms with E-state index in [4.69, 9.17) is 13.9 Å². The zero-order valence-corrected chi connectivity index (χ0v) is 43.2. The first-order valence-electron chi connectivity index (χ1n) is 25.7. The van der Waals surface area contributed by atoms with Crippen molar-refractivity contribution in [2.24, 2.45) is 0 Å². The monoisotopic (exact) mass is 1010 g/mol. The van der Waals surface area contributed by atoms with Crippen molar-refractivity contribution in [1.29, 1.82) is 0 Å². The van der Waals surface area contributed by atoms with Crippen LogP contribution in [0.3, 0.4) is 0 Å². The number of aliphatic hydroxyl groups is 2. The summed E-state index contributed by atoms with van der Waals surface area (Å²) >= 11 is 0. The first kappa shape index (κ1) is 52.3. The molecule has 380 valence electrons. The maximum Gasteiger partial charge on any atom is 0.220 e. The third-order valence-corrected chi connectivity index (χ3v) is 12.3. The zero-order valence-electron chi connectivity index (χ0n) is 43.2. The Morgan fingerprint density at radius 2 is 0.753 bits per heavy atom. The summed E-state index contributed by atoms with van der Waals surface area (Å²) in [6.45, 7) is 4.18. The summed E-state index contributed by atoms with van der Waals surface area (Å²) in [6.07, 6.45) is 4.82. The van der Waals surface area contributed by atoms with Gasteiger partial charge in [-0.05, 0) is 143 Å². The number of aromatic nitrogens is 2. The molecule has 0 aliphatic carbocycles. The van der Waals surface area contributed by atoms with E-state index in [1.54, 1.807) is 0 Å². The minimum Gasteiger partial charge on any atom is -0.441 e. The molecule has 0 amide bonds. The second kappa shape index (κ2) is 26.6. The zero-order chi connectivity index (χ0) is 53.0. The van der Waals surface area contributed by atoms with Crippen LogP contribution in [0.1, 0.15) is 36.3 Å². The Hall–Kier alpha value is -9.60. The third-order valence-electron chi connectivity index (χ3n) is 12.3. The van der Waals surface area contributed by atoms with Crippen molar-refractivity contribution in [3.8, 4) is 22.3 Å². The molecule has 0 spiro atoms. The van der Waals surface area contributed by atoms with Crippen molar-refractivity contribution in [1.82, 2.24) is 9.97 Å². The number of para-hydroxylation sites is 4. The highest BCUT2D eigenvalue weighted by Gasteiger charge is 2.13. The summed E-state index contributed by atoms with van der Waals surface area (Å²) in [7, 11) is 0. The second-order valence-electron chi connectivity index (χ2n) is 17.9. The van der Waals surface area contributed by atoms with E-state index in [-0.39, 0.29) is 6.61 Å². The van der Waals surface area contributed by atoms with E-state index in [2.05, 4.69) is 165 Å². The molecule has 0 radical (unpaired) electrons. The largest absolute Gasteiger partial charge is 0.441 e. The SMILES string of the molecule is C(=Cc1nc2cc(-c3ccccc3)ccc2o1)c1ccc(N(c2ccccc2)c2ccccc2)cc1.CCCO.Cc1nc2cc(-c3ccccc3)ccc2o1.OCc1ccc(N(c2ccccc2)c2ccccc2)cc1. The van der Waals surface area contributed by atoms with Gasteiger partial charge in [-0.15, -0.1) is 0 Å². The number of aryl methyl sites for hydroxylation is 1. The smallest absolute Gasteiger partial charge is 0.220 e. The van der Waals surface area contributed by atoms with Crippen LogP contribution in [-0.2, 0) is 6.61 Å². The van der Waals surface area contributed by atoms with Gasteiger partial charge < -0.3 is 28.8 Å². The fourth-order valence-corrected chi connectivity index (χ4v) is 8.53. The first-order valence-corrected chi connectivity index (χ1v) is 25.7. The molecule has 2 N–H and O–H groups in total. The van der Waals surface area contributed by atoms with E-state index < -0.39 is 0 Å². The van der Waals surface area contributed by atoms with Crippen LogP contribution in [0, 0.1) is 6.92 Å². The summed E-state index contributed by atoms with van der Waals surface area (Å²) in [5, 5.41) is 17.1. The molecule has 0 unspecified atom stereocenters. The standard InChI is InChI=1S/C33H24N2O.C19H17NO.C14H11NO.C3H8O/c1-4-10-26(11-5-1)27-19-22-32-31(24-27)34-33(36-32)23-18-25-16-20-30(21-17-25)35(28-12-6-2-7-13-28)29-14-8-3-9-15-29;21-15-16-11-13-19(14-12-16)20(17-7-3-1-4-8-17)18-9-5-2-6-10-18;1-10-15-13-9-12(7-8-14(13)16-10)11-5-3-2-4-6-11;1-2-3-4/h1-24H;1-14,21H,15H2;2-9H,1H3;4H,2-3H2,1H3. The van der Waals surface area contributed by atoms with Gasteiger partial charge in [-0.2, -0.15) is 0 Å². The molecule has 0 atom stereocenters. The highest BCUT2D eigenvalue weighted by molar-refractivity contribution is 5.83. The predicted molar refractivity (Wildman–Crippen MR) is 318 cm³/mol. The summed E-state index contributed by atoms with van der Waals surface area (Å²) in [4.78, 5) is 13.5. The second-order valence-corrected chi connectivity index (χ2v) is 17.9. The van der Waals surface area contributed by atoms with Gasteiger partial charge in [0, 0.05) is 53.7 Å². The Bertz CT molecular complexity index is 3600. The highest BCUT2D eigenvalue weighted by Crippen LogP contribution is 2.36. The van der Waals surface area contributed by atoms with E-state index in [1.807, 2.05) is 147 Å². The summed E-state index contributed by atoms with van der Waals surface area (Å²) < 4.78 is 11.4. The molecule has 12 aromatic rings. The van der Waals surface area contributed by atoms with Crippen LogP contribution < -0.4 is 9.80 Å². The molecule has 8 nitrogen and oxygen atoms in total. The van der Waals surface area contributed by atoms with Crippen molar-refractivity contribution >= 4 is 68.5 Å². The Kier molecular flexibility index (Phi) is 18.0. The topological polar surface area (TPSA) is 99.0 Å². The average molecular weight is 1010 g/mol. The molecule has 0 aliphatic rings. The minimum absolute atomic E-state index is 0.0664. The number of nitrogens with zero attached hydrogens (tertiary/aromatic N) is 4. The van der Waals surface area contributed by atoms with Crippen molar-refractivity contribution < 1.29 is 19.0 Å². The van der Waals surface area contributed by atoms with Gasteiger partial charge >= 0.3 is 0 Å². The fraction of sp³-hybridized carbons (Fsp3) is 0.0725. The molecule has 77 heavy (non-hydrogen) atoms. The summed E-state index contributed by atoms with van der Waals surface area (Å²) in [5.41, 5.74) is 16.7. The van der Waals surface area contributed by atoms with Crippen LogP contribution in [0.5, 0.6) is 0 Å². The number of fused-ring (bicyclic) bond motifs is 2. The molecule has 10 aromatic carbocycles. The number of hydrogen-bond donors (Lipinski definition) is 2. The Balaban J connectivity index is 0.000000148. The van der Waals surface area contributed by atoms with Crippen LogP contribution >= 0.6 is 0 Å². The van der Waals surface area contributed by atoms with E-state index in [0.717, 1.165) is 79.4 Å². The quantitative estimate of drug-likeness (QED) is 0.125. The van der Waals surface area contributed by atoms with Crippen molar-refractivity contribution in [3.05, 3.63) is 290 Å². The molecule has 0 aliphatic heterocycles. The van der Waals surface area contributed by atoms with Gasteiger partial charge in [0.15, 0.2) is 17.1 Å². The van der Waals surface area contributed by atoms with E-state index in [0.29, 0.717) is 18.4 Å². The molecule has 0 saturated heterocycles. The van der Waals surface area contributed by atoms with Gasteiger partial charge in [-0.25, -0.2) is 9.97 Å². The van der Waals surface area contributed by atoms with Crippen molar-refractivity contribution in [3.63, 3.8) is 0 Å². The number of benzene rings is 10. The van der Waals surface area contributed by atoms with Crippen molar-refractivity contribution in [2.75, 3.05) is 16.4 Å². The van der Waals surface area contributed by atoms with Crippen LogP contribution in [0.15, 0.2) is 276 Å². The lowest BCUT2D eigenvalue weighted by Crippen LogP contribution is -2.09. The lowest BCUT2D eigenvalue weighted by molar-refractivity contribution is 0.282. The maximum atomic E-state index is 9.19. The molecule has 0 bridgehead atoms. The lowest BCUT2D eigenvalue weighted by atomic mass is 10.1. The Morgan fingerprint density at radius 3 is 1.16 bits per heavy atom. The molecule has 0 fully saturated rings. The number of rotatable bonds is 12. The number of oxazole rings is 2.